The number of hydrogen-bond donors (Lipinski definition) is 2. The lowest BCUT2D eigenvalue weighted by atomic mass is 10.2. The number of nitrogens with zero attached hydrogens (tertiary/aromatic N) is 3. The van der Waals surface area contributed by atoms with Gasteiger partial charge in [0.05, 0.1) is 6.54 Å². The highest BCUT2D eigenvalue weighted by molar-refractivity contribution is 5.68. The quantitative estimate of drug-likeness (QED) is 0.863. The second-order valence-electron chi connectivity index (χ2n) is 7.35. The zero-order chi connectivity index (χ0) is 18.9. The van der Waals surface area contributed by atoms with Gasteiger partial charge in [-0.3, -0.25) is 4.98 Å². The van der Waals surface area contributed by atoms with Crippen molar-refractivity contribution in [1.82, 2.24) is 25.1 Å². The monoisotopic (exact) mass is 361 g/mol. The highest BCUT2D eigenvalue weighted by Crippen LogP contribution is 2.22. The minimum atomic E-state index is -0.524. The van der Waals surface area contributed by atoms with Gasteiger partial charge in [0.1, 0.15) is 17.4 Å². The number of aromatic amines is 2. The number of rotatable bonds is 3. The summed E-state index contributed by atoms with van der Waals surface area (Å²) in [5.74, 6) is 0.783. The number of aryl methyl sites for hydroxylation is 1. The van der Waals surface area contributed by atoms with Gasteiger partial charge in [0.25, 0.3) is 0 Å². The fraction of sp³-hybridized carbons (Fsp3) is 0.529. The van der Waals surface area contributed by atoms with Gasteiger partial charge >= 0.3 is 11.8 Å². The third kappa shape index (κ3) is 4.41. The molecule has 0 radical (unpaired) electrons. The van der Waals surface area contributed by atoms with Crippen molar-refractivity contribution < 1.29 is 14.3 Å². The predicted octanol–water partition coefficient (Wildman–Crippen LogP) is 1.86. The van der Waals surface area contributed by atoms with E-state index in [4.69, 9.17) is 9.47 Å². The van der Waals surface area contributed by atoms with E-state index in [1.165, 1.54) is 0 Å². The number of aromatic nitrogens is 4. The van der Waals surface area contributed by atoms with Crippen LogP contribution in [0.25, 0.3) is 11.5 Å². The normalized spacial score (nSPS) is 17.4. The number of likely N-dealkylation sites (tertiary alicyclic amines) is 1. The van der Waals surface area contributed by atoms with Gasteiger partial charge in [0.2, 0.25) is 5.88 Å². The summed E-state index contributed by atoms with van der Waals surface area (Å²) in [5.41, 5.74) is 0.523. The Bertz CT molecular complexity index is 851. The molecule has 1 aliphatic rings. The molecule has 0 spiro atoms. The van der Waals surface area contributed by atoms with Crippen molar-refractivity contribution in [3.63, 3.8) is 0 Å². The van der Waals surface area contributed by atoms with Crippen molar-refractivity contribution in [2.45, 2.75) is 45.8 Å². The Hall–Kier alpha value is -2.84. The third-order valence-corrected chi connectivity index (χ3v) is 3.77. The van der Waals surface area contributed by atoms with Gasteiger partial charge < -0.3 is 14.4 Å². The Morgan fingerprint density at radius 2 is 2.12 bits per heavy atom. The van der Waals surface area contributed by atoms with E-state index in [2.05, 4.69) is 20.2 Å². The van der Waals surface area contributed by atoms with Gasteiger partial charge in [-0.15, -0.1) is 0 Å². The number of ether oxygens (including phenoxy) is 2. The topological polar surface area (TPSA) is 113 Å². The molecule has 0 aliphatic carbocycles. The molecule has 3 heterocycles. The lowest BCUT2D eigenvalue weighted by Crippen LogP contribution is -2.36. The zero-order valence-corrected chi connectivity index (χ0v) is 15.3. The van der Waals surface area contributed by atoms with Crippen molar-refractivity contribution in [3.05, 3.63) is 28.2 Å². The first-order valence-corrected chi connectivity index (χ1v) is 8.48. The SMILES string of the molecule is Cc1cc(OC2CCN(C(=O)OC(C)(C)C)C2)nc(-c2n[nH]c(=O)[nH]2)c1. The smallest absolute Gasteiger partial charge is 0.410 e. The van der Waals surface area contributed by atoms with Crippen LogP contribution in [0.15, 0.2) is 16.9 Å². The number of amides is 1. The average Bonchev–Trinajstić information content (AvgIpc) is 3.14. The summed E-state index contributed by atoms with van der Waals surface area (Å²) in [7, 11) is 0. The fourth-order valence-corrected chi connectivity index (χ4v) is 2.70. The minimum Gasteiger partial charge on any atom is -0.472 e. The highest BCUT2D eigenvalue weighted by Gasteiger charge is 2.31. The van der Waals surface area contributed by atoms with Crippen LogP contribution in [0.1, 0.15) is 32.8 Å². The Balaban J connectivity index is 1.67. The van der Waals surface area contributed by atoms with Crippen LogP contribution in [0, 0.1) is 6.92 Å². The summed E-state index contributed by atoms with van der Waals surface area (Å²) < 4.78 is 11.3. The minimum absolute atomic E-state index is 0.164. The highest BCUT2D eigenvalue weighted by atomic mass is 16.6. The van der Waals surface area contributed by atoms with E-state index in [1.54, 1.807) is 11.0 Å². The van der Waals surface area contributed by atoms with E-state index in [9.17, 15) is 9.59 Å². The zero-order valence-electron chi connectivity index (χ0n) is 15.3. The summed E-state index contributed by atoms with van der Waals surface area (Å²) in [6.45, 7) is 8.44. The summed E-state index contributed by atoms with van der Waals surface area (Å²) in [6.07, 6.45) is 0.196. The summed E-state index contributed by atoms with van der Waals surface area (Å²) in [6, 6.07) is 3.62. The van der Waals surface area contributed by atoms with E-state index in [-0.39, 0.29) is 12.2 Å². The van der Waals surface area contributed by atoms with Gasteiger partial charge in [0, 0.05) is 19.0 Å². The van der Waals surface area contributed by atoms with Crippen molar-refractivity contribution >= 4 is 6.09 Å². The molecule has 1 saturated heterocycles. The van der Waals surface area contributed by atoms with Crippen LogP contribution in [-0.2, 0) is 4.74 Å². The number of hydrogen-bond acceptors (Lipinski definition) is 6. The van der Waals surface area contributed by atoms with Gasteiger partial charge in [-0.05, 0) is 39.3 Å². The standard InChI is InChI=1S/C17H23N5O4/c1-10-7-12(14-19-15(23)21-20-14)18-13(8-10)25-11-5-6-22(9-11)16(24)26-17(2,3)4/h7-8,11H,5-6,9H2,1-4H3,(H2,19,20,21,23). The van der Waals surface area contributed by atoms with Crippen molar-refractivity contribution in [1.29, 1.82) is 0 Å². The average molecular weight is 361 g/mol. The molecule has 140 valence electrons. The van der Waals surface area contributed by atoms with E-state index in [0.29, 0.717) is 36.9 Å². The molecular weight excluding hydrogens is 338 g/mol. The summed E-state index contributed by atoms with van der Waals surface area (Å²) in [5, 5.41) is 6.20. The van der Waals surface area contributed by atoms with Crippen LogP contribution in [0.5, 0.6) is 5.88 Å². The molecule has 0 bridgehead atoms. The van der Waals surface area contributed by atoms with E-state index in [0.717, 1.165) is 5.56 Å². The number of pyridine rings is 1. The first-order valence-electron chi connectivity index (χ1n) is 8.48. The maximum atomic E-state index is 12.1. The molecule has 2 aromatic heterocycles. The van der Waals surface area contributed by atoms with Crippen molar-refractivity contribution in [2.24, 2.45) is 0 Å². The molecule has 9 heteroatoms. The lowest BCUT2D eigenvalue weighted by molar-refractivity contribution is 0.0275. The largest absolute Gasteiger partial charge is 0.472 e. The third-order valence-electron chi connectivity index (χ3n) is 3.77. The molecule has 2 aromatic rings. The second-order valence-corrected chi connectivity index (χ2v) is 7.35. The first-order chi connectivity index (χ1) is 12.2. The Kier molecular flexibility index (Phi) is 4.71. The molecule has 3 rings (SSSR count). The molecule has 2 N–H and O–H groups in total. The molecule has 0 saturated carbocycles. The van der Waals surface area contributed by atoms with Crippen LogP contribution in [-0.4, -0.2) is 56.0 Å². The van der Waals surface area contributed by atoms with Crippen LogP contribution in [0.4, 0.5) is 4.79 Å². The predicted molar refractivity (Wildman–Crippen MR) is 94.0 cm³/mol. The molecule has 1 aliphatic heterocycles. The maximum absolute atomic E-state index is 12.1. The van der Waals surface area contributed by atoms with E-state index >= 15 is 0 Å². The lowest BCUT2D eigenvalue weighted by Gasteiger charge is -2.24. The fourth-order valence-electron chi connectivity index (χ4n) is 2.70. The van der Waals surface area contributed by atoms with Crippen molar-refractivity contribution in [2.75, 3.05) is 13.1 Å². The molecule has 1 unspecified atom stereocenters. The van der Waals surface area contributed by atoms with E-state index in [1.807, 2.05) is 33.8 Å². The van der Waals surface area contributed by atoms with Crippen molar-refractivity contribution in [3.8, 4) is 17.4 Å². The first kappa shape index (κ1) is 18.0. The number of carbonyl (C=O) groups is 1. The Labute approximate surface area is 150 Å². The van der Waals surface area contributed by atoms with E-state index < -0.39 is 11.3 Å². The molecule has 9 nitrogen and oxygen atoms in total. The number of nitrogens with one attached hydrogen (secondary N) is 2. The Morgan fingerprint density at radius 3 is 2.77 bits per heavy atom. The summed E-state index contributed by atoms with van der Waals surface area (Å²) >= 11 is 0. The van der Waals surface area contributed by atoms with Gasteiger partial charge in [0.15, 0.2) is 5.82 Å². The number of carbonyl (C=O) groups excluding carboxylic acids is 1. The van der Waals surface area contributed by atoms with Gasteiger partial charge in [-0.1, -0.05) is 0 Å². The molecule has 26 heavy (non-hydrogen) atoms. The van der Waals surface area contributed by atoms with Crippen LogP contribution < -0.4 is 10.4 Å². The molecular formula is C17H23N5O4. The van der Waals surface area contributed by atoms with Gasteiger partial charge in [-0.2, -0.15) is 5.10 Å². The molecule has 1 atom stereocenters. The van der Waals surface area contributed by atoms with Crippen LogP contribution in [0.3, 0.4) is 0 Å². The van der Waals surface area contributed by atoms with Gasteiger partial charge in [-0.25, -0.2) is 19.7 Å². The maximum Gasteiger partial charge on any atom is 0.410 e. The van der Waals surface area contributed by atoms with Crippen LogP contribution >= 0.6 is 0 Å². The second kappa shape index (κ2) is 6.81. The number of H-pyrrole nitrogens is 2. The molecule has 0 aromatic carbocycles. The summed E-state index contributed by atoms with van der Waals surface area (Å²) in [4.78, 5) is 32.0. The molecule has 1 amide bonds. The van der Waals surface area contributed by atoms with Crippen LogP contribution in [0.2, 0.25) is 0 Å². The molecule has 1 fully saturated rings. The Morgan fingerprint density at radius 1 is 1.35 bits per heavy atom.